The second-order valence-corrected chi connectivity index (χ2v) is 7.11. The molecule has 0 saturated heterocycles. The van der Waals surface area contributed by atoms with E-state index >= 15 is 0 Å². The minimum absolute atomic E-state index is 1.03. The van der Waals surface area contributed by atoms with Crippen molar-refractivity contribution in [3.63, 3.8) is 0 Å². The number of fused-ring (bicyclic) bond motifs is 1. The molecule has 0 fully saturated rings. The van der Waals surface area contributed by atoms with Crippen LogP contribution in [0.4, 0.5) is 0 Å². The molecule has 1 aliphatic carbocycles. The molecule has 0 aromatic heterocycles. The summed E-state index contributed by atoms with van der Waals surface area (Å²) in [5.74, 6) is 0. The number of benzene rings is 3. The monoisotopic (exact) mass is 324 g/mol. The largest absolute Gasteiger partial charge is 0.0622 e. The molecule has 0 atom stereocenters. The molecule has 0 radical (unpaired) electrons. The molecule has 3 aromatic carbocycles. The summed E-state index contributed by atoms with van der Waals surface area (Å²) in [6, 6.07) is 22.3. The summed E-state index contributed by atoms with van der Waals surface area (Å²) < 4.78 is 0. The van der Waals surface area contributed by atoms with Crippen LogP contribution in [-0.4, -0.2) is 0 Å². The number of rotatable bonds is 3. The van der Waals surface area contributed by atoms with Gasteiger partial charge in [-0.05, 0) is 71.7 Å². The first kappa shape index (κ1) is 15.9. The van der Waals surface area contributed by atoms with E-state index in [-0.39, 0.29) is 0 Å². The molecule has 124 valence electrons. The summed E-state index contributed by atoms with van der Waals surface area (Å²) in [7, 11) is 0. The van der Waals surface area contributed by atoms with Crippen LogP contribution in [0.25, 0.3) is 22.8 Å². The highest BCUT2D eigenvalue weighted by atomic mass is 14.2. The molecule has 0 aliphatic heterocycles. The minimum atomic E-state index is 1.03. The van der Waals surface area contributed by atoms with Crippen LogP contribution in [0.15, 0.2) is 60.7 Å². The Morgan fingerprint density at radius 3 is 2.20 bits per heavy atom. The van der Waals surface area contributed by atoms with Crippen molar-refractivity contribution in [1.29, 1.82) is 0 Å². The van der Waals surface area contributed by atoms with E-state index in [1.165, 1.54) is 50.1 Å². The molecule has 1 aliphatic rings. The van der Waals surface area contributed by atoms with Gasteiger partial charge < -0.3 is 0 Å². The van der Waals surface area contributed by atoms with Gasteiger partial charge >= 0.3 is 0 Å². The van der Waals surface area contributed by atoms with Crippen molar-refractivity contribution in [2.45, 2.75) is 33.6 Å². The van der Waals surface area contributed by atoms with Crippen LogP contribution in [-0.2, 0) is 12.8 Å². The molecular formula is C25H24. The van der Waals surface area contributed by atoms with E-state index in [9.17, 15) is 0 Å². The van der Waals surface area contributed by atoms with E-state index in [1.54, 1.807) is 0 Å². The Hall–Kier alpha value is -2.60. The molecular weight excluding hydrogens is 300 g/mol. The molecule has 0 spiro atoms. The number of hydrogen-bond acceptors (Lipinski definition) is 0. The van der Waals surface area contributed by atoms with Crippen LogP contribution in [0.2, 0.25) is 0 Å². The van der Waals surface area contributed by atoms with E-state index in [1.807, 2.05) is 0 Å². The predicted octanol–water partition coefficient (Wildman–Crippen LogP) is 6.63. The van der Waals surface area contributed by atoms with Gasteiger partial charge in [0.1, 0.15) is 0 Å². The third-order valence-electron chi connectivity index (χ3n) is 5.16. The normalized spacial score (nSPS) is 12.8. The van der Waals surface area contributed by atoms with E-state index in [0.717, 1.165) is 12.8 Å². The van der Waals surface area contributed by atoms with E-state index < -0.39 is 0 Å². The van der Waals surface area contributed by atoms with Crippen molar-refractivity contribution in [3.8, 4) is 11.1 Å². The molecule has 0 heteroatoms. The summed E-state index contributed by atoms with van der Waals surface area (Å²) in [6.45, 7) is 6.64. The van der Waals surface area contributed by atoms with Crippen LogP contribution in [0.5, 0.6) is 0 Å². The van der Waals surface area contributed by atoms with Crippen molar-refractivity contribution in [2.75, 3.05) is 0 Å². The van der Waals surface area contributed by atoms with Gasteiger partial charge in [0, 0.05) is 0 Å². The highest BCUT2D eigenvalue weighted by Gasteiger charge is 2.20. The fourth-order valence-corrected chi connectivity index (χ4v) is 4.05. The third-order valence-corrected chi connectivity index (χ3v) is 5.16. The average molecular weight is 324 g/mol. The summed E-state index contributed by atoms with van der Waals surface area (Å²) in [6.07, 6.45) is 4.50. The highest BCUT2D eigenvalue weighted by Crippen LogP contribution is 2.40. The fourth-order valence-electron chi connectivity index (χ4n) is 4.05. The Morgan fingerprint density at radius 1 is 0.800 bits per heavy atom. The van der Waals surface area contributed by atoms with Crippen molar-refractivity contribution in [2.24, 2.45) is 0 Å². The molecule has 4 rings (SSSR count). The average Bonchev–Trinajstić information content (AvgIpc) is 3.04. The zero-order chi connectivity index (χ0) is 17.4. The lowest BCUT2D eigenvalue weighted by Gasteiger charge is -2.15. The Balaban J connectivity index is 1.91. The minimum Gasteiger partial charge on any atom is -0.0622 e. The van der Waals surface area contributed by atoms with Crippen molar-refractivity contribution < 1.29 is 0 Å². The molecule has 0 amide bonds. The van der Waals surface area contributed by atoms with Crippen molar-refractivity contribution in [3.05, 3.63) is 94.0 Å². The Bertz CT molecular complexity index is 939. The first-order valence-corrected chi connectivity index (χ1v) is 9.15. The first-order valence-electron chi connectivity index (χ1n) is 9.15. The first-order chi connectivity index (χ1) is 12.2. The van der Waals surface area contributed by atoms with Gasteiger partial charge in [-0.25, -0.2) is 0 Å². The van der Waals surface area contributed by atoms with Crippen LogP contribution in [0.3, 0.4) is 0 Å². The van der Waals surface area contributed by atoms with Crippen LogP contribution in [0, 0.1) is 13.8 Å². The lowest BCUT2D eigenvalue weighted by Crippen LogP contribution is -1.95. The molecule has 0 N–H and O–H groups in total. The van der Waals surface area contributed by atoms with Crippen LogP contribution < -0.4 is 0 Å². The maximum absolute atomic E-state index is 2.41. The Labute approximate surface area is 150 Å². The summed E-state index contributed by atoms with van der Waals surface area (Å²) in [5.41, 5.74) is 12.5. The SMILES string of the molecule is CCc1ccc2c(c1-c1cc(C)cc(C)c1)C=C(c1ccccc1)C2. The summed E-state index contributed by atoms with van der Waals surface area (Å²) >= 11 is 0. The van der Waals surface area contributed by atoms with Crippen molar-refractivity contribution >= 4 is 11.6 Å². The summed E-state index contributed by atoms with van der Waals surface area (Å²) in [4.78, 5) is 0. The van der Waals surface area contributed by atoms with Gasteiger partial charge in [0.15, 0.2) is 0 Å². The molecule has 0 saturated carbocycles. The molecule has 0 nitrogen and oxygen atoms in total. The predicted molar refractivity (Wildman–Crippen MR) is 109 cm³/mol. The van der Waals surface area contributed by atoms with E-state index in [4.69, 9.17) is 0 Å². The smallest absolute Gasteiger partial charge is 0.00134 e. The second kappa shape index (κ2) is 6.37. The second-order valence-electron chi connectivity index (χ2n) is 7.11. The number of aryl methyl sites for hydroxylation is 3. The van der Waals surface area contributed by atoms with Gasteiger partial charge in [-0.1, -0.05) is 78.7 Å². The quantitative estimate of drug-likeness (QED) is 0.507. The molecule has 0 heterocycles. The van der Waals surface area contributed by atoms with Gasteiger partial charge in [0.25, 0.3) is 0 Å². The summed E-state index contributed by atoms with van der Waals surface area (Å²) in [5, 5.41) is 0. The lowest BCUT2D eigenvalue weighted by atomic mass is 9.89. The van der Waals surface area contributed by atoms with Gasteiger partial charge in [-0.15, -0.1) is 0 Å². The Kier molecular flexibility index (Phi) is 4.05. The zero-order valence-corrected chi connectivity index (χ0v) is 15.3. The molecule has 25 heavy (non-hydrogen) atoms. The van der Waals surface area contributed by atoms with Crippen molar-refractivity contribution in [1.82, 2.24) is 0 Å². The number of allylic oxidation sites excluding steroid dienone is 1. The third kappa shape index (κ3) is 2.93. The molecule has 0 bridgehead atoms. The topological polar surface area (TPSA) is 0 Å². The van der Waals surface area contributed by atoms with E-state index in [2.05, 4.69) is 87.5 Å². The van der Waals surface area contributed by atoms with E-state index in [0.29, 0.717) is 0 Å². The molecule has 0 unspecified atom stereocenters. The van der Waals surface area contributed by atoms with Gasteiger partial charge in [-0.3, -0.25) is 0 Å². The van der Waals surface area contributed by atoms with Gasteiger partial charge in [0.05, 0.1) is 0 Å². The maximum Gasteiger partial charge on any atom is -0.00134 e. The number of hydrogen-bond donors (Lipinski definition) is 0. The van der Waals surface area contributed by atoms with Crippen LogP contribution >= 0.6 is 0 Å². The Morgan fingerprint density at radius 2 is 1.52 bits per heavy atom. The zero-order valence-electron chi connectivity index (χ0n) is 15.3. The maximum atomic E-state index is 2.41. The highest BCUT2D eigenvalue weighted by molar-refractivity contribution is 5.95. The standard InChI is InChI=1S/C25H24/c1-4-19-10-11-21-15-22(20-8-6-5-7-9-20)16-24(21)25(19)23-13-17(2)12-18(3)14-23/h5-14,16H,4,15H2,1-3H3. The lowest BCUT2D eigenvalue weighted by molar-refractivity contribution is 1.13. The molecule has 3 aromatic rings. The van der Waals surface area contributed by atoms with Gasteiger partial charge in [0.2, 0.25) is 0 Å². The fraction of sp³-hybridized carbons (Fsp3) is 0.200. The van der Waals surface area contributed by atoms with Crippen LogP contribution in [0.1, 0.15) is 40.3 Å². The van der Waals surface area contributed by atoms with Gasteiger partial charge in [-0.2, -0.15) is 0 Å².